The van der Waals surface area contributed by atoms with Crippen molar-refractivity contribution in [2.75, 3.05) is 13.1 Å². The number of likely N-dealkylation sites (tertiary alicyclic amines) is 1. The van der Waals surface area contributed by atoms with Crippen molar-refractivity contribution in [2.45, 2.75) is 58.2 Å². The van der Waals surface area contributed by atoms with Gasteiger partial charge in [-0.25, -0.2) is 4.98 Å². The molecule has 18 heavy (non-hydrogen) atoms. The third-order valence-corrected chi connectivity index (χ3v) is 3.91. The summed E-state index contributed by atoms with van der Waals surface area (Å²) in [6, 6.07) is 1.61. The summed E-state index contributed by atoms with van der Waals surface area (Å²) in [4.78, 5) is 10.1. The average molecular weight is 250 g/mol. The summed E-state index contributed by atoms with van der Waals surface area (Å²) >= 11 is 0. The van der Waals surface area contributed by atoms with Crippen LogP contribution in [-0.4, -0.2) is 40.0 Å². The highest BCUT2D eigenvalue weighted by molar-refractivity contribution is 4.94. The van der Waals surface area contributed by atoms with Crippen molar-refractivity contribution in [3.8, 4) is 0 Å². The van der Waals surface area contributed by atoms with Crippen LogP contribution in [0.4, 0.5) is 0 Å². The van der Waals surface area contributed by atoms with Crippen molar-refractivity contribution in [1.29, 1.82) is 0 Å². The van der Waals surface area contributed by atoms with Gasteiger partial charge in [0.25, 0.3) is 0 Å². The molecule has 1 saturated heterocycles. The number of nitrogens with one attached hydrogen (secondary N) is 2. The van der Waals surface area contributed by atoms with Crippen LogP contribution >= 0.6 is 0 Å². The predicted octanol–water partition coefficient (Wildman–Crippen LogP) is 2.32. The highest BCUT2D eigenvalue weighted by Gasteiger charge is 2.20. The summed E-state index contributed by atoms with van der Waals surface area (Å²) < 4.78 is 0. The predicted molar refractivity (Wildman–Crippen MR) is 74.5 cm³/mol. The molecule has 1 aromatic rings. The van der Waals surface area contributed by atoms with Crippen LogP contribution in [0.5, 0.6) is 0 Å². The Morgan fingerprint density at radius 2 is 2.17 bits per heavy atom. The lowest BCUT2D eigenvalue weighted by atomic mass is 10.1. The smallest absolute Gasteiger partial charge is 0.122 e. The van der Waals surface area contributed by atoms with Gasteiger partial charge in [-0.05, 0) is 53.1 Å². The Morgan fingerprint density at radius 3 is 2.83 bits per heavy atom. The van der Waals surface area contributed by atoms with E-state index < -0.39 is 0 Å². The fourth-order valence-electron chi connectivity index (χ4n) is 2.75. The molecule has 4 nitrogen and oxygen atoms in total. The van der Waals surface area contributed by atoms with Crippen molar-refractivity contribution >= 4 is 0 Å². The Labute approximate surface area is 110 Å². The average Bonchev–Trinajstić information content (AvgIpc) is 2.77. The fraction of sp³-hybridized carbons (Fsp3) is 0.786. The van der Waals surface area contributed by atoms with E-state index in [-0.39, 0.29) is 0 Å². The standard InChI is InChI=1S/C14H26N4/c1-11(2)18-9-4-5-13(6-10-18)17-12(3)14-15-7-8-16-14/h7-8,11-13,17H,4-6,9-10H2,1-3H3,(H,15,16). The van der Waals surface area contributed by atoms with Gasteiger partial charge < -0.3 is 15.2 Å². The van der Waals surface area contributed by atoms with Gasteiger partial charge in [0.15, 0.2) is 0 Å². The lowest BCUT2D eigenvalue weighted by Crippen LogP contribution is -2.35. The number of H-pyrrole nitrogens is 1. The van der Waals surface area contributed by atoms with Crippen molar-refractivity contribution in [3.05, 3.63) is 18.2 Å². The number of aromatic amines is 1. The fourth-order valence-corrected chi connectivity index (χ4v) is 2.75. The molecule has 1 aromatic heterocycles. The molecule has 2 unspecified atom stereocenters. The number of aromatic nitrogens is 2. The van der Waals surface area contributed by atoms with Crippen molar-refractivity contribution in [2.24, 2.45) is 0 Å². The molecule has 1 fully saturated rings. The van der Waals surface area contributed by atoms with E-state index in [9.17, 15) is 0 Å². The van der Waals surface area contributed by atoms with Crippen molar-refractivity contribution < 1.29 is 0 Å². The van der Waals surface area contributed by atoms with E-state index in [0.717, 1.165) is 5.82 Å². The molecule has 4 heteroatoms. The van der Waals surface area contributed by atoms with Crippen LogP contribution in [0, 0.1) is 0 Å². The molecular weight excluding hydrogens is 224 g/mol. The van der Waals surface area contributed by atoms with Crippen molar-refractivity contribution in [3.63, 3.8) is 0 Å². The molecule has 0 saturated carbocycles. The van der Waals surface area contributed by atoms with Crippen LogP contribution in [0.2, 0.25) is 0 Å². The van der Waals surface area contributed by atoms with Crippen LogP contribution in [0.25, 0.3) is 0 Å². The minimum Gasteiger partial charge on any atom is -0.347 e. The molecule has 0 radical (unpaired) electrons. The molecule has 102 valence electrons. The normalized spacial score (nSPS) is 24.1. The van der Waals surface area contributed by atoms with Crippen LogP contribution in [0.3, 0.4) is 0 Å². The lowest BCUT2D eigenvalue weighted by Gasteiger charge is -2.25. The van der Waals surface area contributed by atoms with Crippen molar-refractivity contribution in [1.82, 2.24) is 20.2 Å². The van der Waals surface area contributed by atoms with E-state index in [2.05, 4.69) is 41.0 Å². The monoisotopic (exact) mass is 250 g/mol. The first-order chi connectivity index (χ1) is 8.66. The Kier molecular flexibility index (Phi) is 4.78. The molecule has 0 amide bonds. The summed E-state index contributed by atoms with van der Waals surface area (Å²) in [5.41, 5.74) is 0. The highest BCUT2D eigenvalue weighted by Crippen LogP contribution is 2.16. The first-order valence-corrected chi connectivity index (χ1v) is 7.16. The van der Waals surface area contributed by atoms with Crippen LogP contribution in [-0.2, 0) is 0 Å². The molecule has 2 atom stereocenters. The van der Waals surface area contributed by atoms with Gasteiger partial charge in [0, 0.05) is 24.5 Å². The van der Waals surface area contributed by atoms with Gasteiger partial charge in [0.05, 0.1) is 6.04 Å². The highest BCUT2D eigenvalue weighted by atomic mass is 15.2. The van der Waals surface area contributed by atoms with E-state index >= 15 is 0 Å². The summed E-state index contributed by atoms with van der Waals surface area (Å²) in [5.74, 6) is 1.04. The maximum absolute atomic E-state index is 4.32. The molecule has 0 spiro atoms. The van der Waals surface area contributed by atoms with Gasteiger partial charge in [-0.1, -0.05) is 0 Å². The number of imidazole rings is 1. The zero-order chi connectivity index (χ0) is 13.0. The van der Waals surface area contributed by atoms with Gasteiger partial charge in [0.1, 0.15) is 5.82 Å². The molecule has 1 aliphatic rings. The molecule has 0 bridgehead atoms. The Morgan fingerprint density at radius 1 is 1.33 bits per heavy atom. The van der Waals surface area contributed by atoms with E-state index in [1.165, 1.54) is 32.4 Å². The van der Waals surface area contributed by atoms with Crippen LogP contribution in [0.15, 0.2) is 12.4 Å². The first-order valence-electron chi connectivity index (χ1n) is 7.16. The van der Waals surface area contributed by atoms with Crippen LogP contribution in [0.1, 0.15) is 51.9 Å². The number of nitrogens with zero attached hydrogens (tertiary/aromatic N) is 2. The largest absolute Gasteiger partial charge is 0.347 e. The zero-order valence-corrected chi connectivity index (χ0v) is 11.8. The Hall–Kier alpha value is -0.870. The molecule has 0 aromatic carbocycles. The summed E-state index contributed by atoms with van der Waals surface area (Å²) in [6.07, 6.45) is 7.51. The SMILES string of the molecule is CC(NC1CCCN(C(C)C)CC1)c1ncc[nH]1. The summed E-state index contributed by atoms with van der Waals surface area (Å²) in [6.45, 7) is 9.22. The topological polar surface area (TPSA) is 44.0 Å². The third kappa shape index (κ3) is 3.56. The second kappa shape index (κ2) is 6.34. The van der Waals surface area contributed by atoms with Gasteiger partial charge in [-0.15, -0.1) is 0 Å². The Bertz CT molecular complexity index is 334. The van der Waals surface area contributed by atoms with E-state index in [4.69, 9.17) is 0 Å². The minimum atomic E-state index is 0.315. The second-order valence-electron chi connectivity index (χ2n) is 5.62. The quantitative estimate of drug-likeness (QED) is 0.862. The summed E-state index contributed by atoms with van der Waals surface area (Å²) in [5, 5.41) is 3.70. The number of hydrogen-bond acceptors (Lipinski definition) is 3. The number of rotatable bonds is 4. The molecule has 1 aliphatic heterocycles. The van der Waals surface area contributed by atoms with Gasteiger partial charge in [-0.2, -0.15) is 0 Å². The molecule has 2 rings (SSSR count). The maximum atomic E-state index is 4.32. The number of hydrogen-bond donors (Lipinski definition) is 2. The minimum absolute atomic E-state index is 0.315. The van der Waals surface area contributed by atoms with Gasteiger partial charge >= 0.3 is 0 Å². The molecular formula is C14H26N4. The zero-order valence-electron chi connectivity index (χ0n) is 11.8. The van der Waals surface area contributed by atoms with Gasteiger partial charge in [-0.3, -0.25) is 0 Å². The second-order valence-corrected chi connectivity index (χ2v) is 5.62. The Balaban J connectivity index is 1.83. The third-order valence-electron chi connectivity index (χ3n) is 3.91. The van der Waals surface area contributed by atoms with E-state index in [1.54, 1.807) is 0 Å². The van der Waals surface area contributed by atoms with Crippen LogP contribution < -0.4 is 5.32 Å². The van der Waals surface area contributed by atoms with E-state index in [0.29, 0.717) is 18.1 Å². The lowest BCUT2D eigenvalue weighted by molar-refractivity contribution is 0.228. The first kappa shape index (κ1) is 13.6. The summed E-state index contributed by atoms with van der Waals surface area (Å²) in [7, 11) is 0. The molecule has 0 aliphatic carbocycles. The molecule has 2 heterocycles. The molecule has 2 N–H and O–H groups in total. The maximum Gasteiger partial charge on any atom is 0.122 e. The van der Waals surface area contributed by atoms with E-state index in [1.807, 2.05) is 12.4 Å². The van der Waals surface area contributed by atoms with Gasteiger partial charge in [0.2, 0.25) is 0 Å².